The Morgan fingerprint density at radius 1 is 1.17 bits per heavy atom. The van der Waals surface area contributed by atoms with Crippen molar-refractivity contribution in [1.82, 2.24) is 5.32 Å². The van der Waals surface area contributed by atoms with Crippen LogP contribution in [0.2, 0.25) is 0 Å². The Morgan fingerprint density at radius 3 is 2.39 bits per heavy atom. The zero-order valence-corrected chi connectivity index (χ0v) is 12.1. The van der Waals surface area contributed by atoms with Gasteiger partial charge in [0.1, 0.15) is 0 Å². The van der Waals surface area contributed by atoms with Crippen molar-refractivity contribution >= 4 is 18.3 Å². The third-order valence-electron chi connectivity index (χ3n) is 4.49. The lowest BCUT2D eigenvalue weighted by Crippen LogP contribution is -2.54. The zero-order chi connectivity index (χ0) is 12.1. The van der Waals surface area contributed by atoms with Crippen LogP contribution in [-0.4, -0.2) is 18.0 Å². The van der Waals surface area contributed by atoms with Crippen molar-refractivity contribution in [3.8, 4) is 0 Å². The van der Waals surface area contributed by atoms with E-state index < -0.39 is 0 Å². The van der Waals surface area contributed by atoms with E-state index in [1.165, 1.54) is 38.5 Å². The minimum absolute atomic E-state index is 0. The topological polar surface area (TPSA) is 55.1 Å². The molecule has 18 heavy (non-hydrogen) atoms. The molecule has 0 bridgehead atoms. The molecular formula is C14H27ClN2O. The standard InChI is InChI=1S/C14H26N2O.ClH/c15-14(9-4-10-14)11-16-13(17)8-7-12-5-2-1-3-6-12;/h12H,1-11,15H2,(H,16,17);1H. The van der Waals surface area contributed by atoms with Gasteiger partial charge in [0.05, 0.1) is 0 Å². The first-order valence-electron chi connectivity index (χ1n) is 7.24. The minimum atomic E-state index is -0.0828. The van der Waals surface area contributed by atoms with Crippen LogP contribution in [0, 0.1) is 5.92 Å². The fourth-order valence-corrected chi connectivity index (χ4v) is 2.98. The summed E-state index contributed by atoms with van der Waals surface area (Å²) in [6.07, 6.45) is 11.9. The van der Waals surface area contributed by atoms with Crippen LogP contribution in [0.5, 0.6) is 0 Å². The number of halogens is 1. The predicted octanol–water partition coefficient (Wildman–Crippen LogP) is 2.77. The molecule has 2 aliphatic rings. The van der Waals surface area contributed by atoms with E-state index in [0.29, 0.717) is 13.0 Å². The van der Waals surface area contributed by atoms with Crippen molar-refractivity contribution in [2.24, 2.45) is 11.7 Å². The number of carbonyl (C=O) groups is 1. The molecule has 0 spiro atoms. The summed E-state index contributed by atoms with van der Waals surface area (Å²) < 4.78 is 0. The van der Waals surface area contributed by atoms with Crippen LogP contribution in [0.3, 0.4) is 0 Å². The maximum Gasteiger partial charge on any atom is 0.220 e. The van der Waals surface area contributed by atoms with Gasteiger partial charge in [0.15, 0.2) is 0 Å². The lowest BCUT2D eigenvalue weighted by atomic mass is 9.78. The molecule has 0 aliphatic heterocycles. The van der Waals surface area contributed by atoms with Crippen LogP contribution in [0.15, 0.2) is 0 Å². The van der Waals surface area contributed by atoms with Gasteiger partial charge in [-0.05, 0) is 31.6 Å². The van der Waals surface area contributed by atoms with Gasteiger partial charge in [-0.2, -0.15) is 0 Å². The molecule has 3 nitrogen and oxygen atoms in total. The summed E-state index contributed by atoms with van der Waals surface area (Å²) in [5.41, 5.74) is 5.99. The highest BCUT2D eigenvalue weighted by atomic mass is 35.5. The van der Waals surface area contributed by atoms with E-state index in [2.05, 4.69) is 5.32 Å². The van der Waals surface area contributed by atoms with Gasteiger partial charge in [-0.3, -0.25) is 4.79 Å². The van der Waals surface area contributed by atoms with E-state index in [9.17, 15) is 4.79 Å². The average molecular weight is 275 g/mol. The van der Waals surface area contributed by atoms with Gasteiger partial charge in [-0.25, -0.2) is 0 Å². The molecule has 2 saturated carbocycles. The molecular weight excluding hydrogens is 248 g/mol. The van der Waals surface area contributed by atoms with E-state index in [0.717, 1.165) is 25.2 Å². The van der Waals surface area contributed by atoms with Crippen molar-refractivity contribution in [3.05, 3.63) is 0 Å². The normalized spacial score (nSPS) is 22.7. The summed E-state index contributed by atoms with van der Waals surface area (Å²) in [6, 6.07) is 0. The number of amides is 1. The zero-order valence-electron chi connectivity index (χ0n) is 11.2. The predicted molar refractivity (Wildman–Crippen MR) is 76.8 cm³/mol. The fraction of sp³-hybridized carbons (Fsp3) is 0.929. The van der Waals surface area contributed by atoms with Gasteiger partial charge in [-0.1, -0.05) is 32.1 Å². The molecule has 0 radical (unpaired) electrons. The second-order valence-electron chi connectivity index (χ2n) is 6.04. The highest BCUT2D eigenvalue weighted by Crippen LogP contribution is 2.29. The van der Waals surface area contributed by atoms with Crippen LogP contribution >= 0.6 is 12.4 Å². The Labute approximate surface area is 117 Å². The van der Waals surface area contributed by atoms with Gasteiger partial charge < -0.3 is 11.1 Å². The van der Waals surface area contributed by atoms with Gasteiger partial charge in [0.2, 0.25) is 5.91 Å². The number of nitrogens with two attached hydrogens (primary N) is 1. The SMILES string of the molecule is Cl.NC1(CNC(=O)CCC2CCCCC2)CCC1. The van der Waals surface area contributed by atoms with Crippen molar-refractivity contribution in [2.75, 3.05) is 6.54 Å². The monoisotopic (exact) mass is 274 g/mol. The quantitative estimate of drug-likeness (QED) is 0.810. The molecule has 0 unspecified atom stereocenters. The van der Waals surface area contributed by atoms with Crippen LogP contribution < -0.4 is 11.1 Å². The molecule has 0 atom stereocenters. The number of nitrogens with one attached hydrogen (secondary N) is 1. The molecule has 106 valence electrons. The summed E-state index contributed by atoms with van der Waals surface area (Å²) in [6.45, 7) is 0.677. The first-order chi connectivity index (χ1) is 8.18. The first-order valence-corrected chi connectivity index (χ1v) is 7.24. The van der Waals surface area contributed by atoms with Crippen LogP contribution in [-0.2, 0) is 4.79 Å². The summed E-state index contributed by atoms with van der Waals surface area (Å²) in [5, 5.41) is 3.00. The van der Waals surface area contributed by atoms with Crippen LogP contribution in [0.1, 0.15) is 64.2 Å². The number of carbonyl (C=O) groups excluding carboxylic acids is 1. The van der Waals surface area contributed by atoms with Crippen LogP contribution in [0.25, 0.3) is 0 Å². The van der Waals surface area contributed by atoms with Crippen molar-refractivity contribution in [3.63, 3.8) is 0 Å². The molecule has 2 fully saturated rings. The molecule has 0 aromatic heterocycles. The lowest BCUT2D eigenvalue weighted by molar-refractivity contribution is -0.121. The molecule has 2 rings (SSSR count). The Hall–Kier alpha value is -0.280. The van der Waals surface area contributed by atoms with Crippen molar-refractivity contribution in [2.45, 2.75) is 69.7 Å². The van der Waals surface area contributed by atoms with Gasteiger partial charge in [-0.15, -0.1) is 12.4 Å². The lowest BCUT2D eigenvalue weighted by Gasteiger charge is -2.38. The Bertz CT molecular complexity index is 261. The van der Waals surface area contributed by atoms with E-state index in [1.807, 2.05) is 0 Å². The van der Waals surface area contributed by atoms with E-state index in [1.54, 1.807) is 0 Å². The van der Waals surface area contributed by atoms with E-state index in [4.69, 9.17) is 5.73 Å². The summed E-state index contributed by atoms with van der Waals surface area (Å²) in [4.78, 5) is 11.7. The first kappa shape index (κ1) is 15.8. The molecule has 3 N–H and O–H groups in total. The Balaban J connectivity index is 0.00000162. The average Bonchev–Trinajstić information content (AvgIpc) is 2.33. The van der Waals surface area contributed by atoms with Gasteiger partial charge >= 0.3 is 0 Å². The number of hydrogen-bond acceptors (Lipinski definition) is 2. The molecule has 4 heteroatoms. The van der Waals surface area contributed by atoms with Gasteiger partial charge in [0, 0.05) is 18.5 Å². The summed E-state index contributed by atoms with van der Waals surface area (Å²) in [7, 11) is 0. The maximum absolute atomic E-state index is 11.7. The van der Waals surface area contributed by atoms with Crippen molar-refractivity contribution < 1.29 is 4.79 Å². The third-order valence-corrected chi connectivity index (χ3v) is 4.49. The number of hydrogen-bond donors (Lipinski definition) is 2. The smallest absolute Gasteiger partial charge is 0.220 e. The molecule has 0 aromatic rings. The molecule has 1 amide bonds. The number of rotatable bonds is 5. The second kappa shape index (κ2) is 7.34. The van der Waals surface area contributed by atoms with Gasteiger partial charge in [0.25, 0.3) is 0 Å². The second-order valence-corrected chi connectivity index (χ2v) is 6.04. The summed E-state index contributed by atoms with van der Waals surface area (Å²) in [5.74, 6) is 0.998. The van der Waals surface area contributed by atoms with E-state index >= 15 is 0 Å². The van der Waals surface area contributed by atoms with Crippen LogP contribution in [0.4, 0.5) is 0 Å². The fourth-order valence-electron chi connectivity index (χ4n) is 2.98. The minimum Gasteiger partial charge on any atom is -0.354 e. The maximum atomic E-state index is 11.7. The highest BCUT2D eigenvalue weighted by molar-refractivity contribution is 5.85. The summed E-state index contributed by atoms with van der Waals surface area (Å²) >= 11 is 0. The molecule has 0 heterocycles. The van der Waals surface area contributed by atoms with Crippen molar-refractivity contribution in [1.29, 1.82) is 0 Å². The molecule has 0 aromatic carbocycles. The Kier molecular flexibility index (Phi) is 6.44. The van der Waals surface area contributed by atoms with E-state index in [-0.39, 0.29) is 23.9 Å². The highest BCUT2D eigenvalue weighted by Gasteiger charge is 2.32. The third kappa shape index (κ3) is 4.77. The largest absolute Gasteiger partial charge is 0.354 e. The molecule has 2 aliphatic carbocycles. The Morgan fingerprint density at radius 2 is 1.83 bits per heavy atom. The molecule has 0 saturated heterocycles.